The topological polar surface area (TPSA) is 3.24 Å². The van der Waals surface area contributed by atoms with Gasteiger partial charge in [-0.3, -0.25) is 0 Å². The van der Waals surface area contributed by atoms with Crippen molar-refractivity contribution in [3.05, 3.63) is 234 Å². The molecule has 0 N–H and O–H groups in total. The molecule has 1 heteroatoms. The van der Waals surface area contributed by atoms with Gasteiger partial charge in [0.2, 0.25) is 0 Å². The number of nitrogens with zero attached hydrogens (tertiary/aromatic N) is 1. The Balaban J connectivity index is 1.17. The molecule has 9 aromatic rings. The Morgan fingerprint density at radius 2 is 0.966 bits per heavy atom. The molecule has 0 aliphatic heterocycles. The minimum Gasteiger partial charge on any atom is -0.310 e. The molecule has 0 bridgehead atoms. The van der Waals surface area contributed by atoms with Crippen LogP contribution in [0.4, 0.5) is 17.1 Å². The van der Waals surface area contributed by atoms with Crippen LogP contribution in [0.1, 0.15) is 48.6 Å². The highest BCUT2D eigenvalue weighted by molar-refractivity contribution is 6.06. The molecule has 0 radical (unpaired) electrons. The molecule has 1 nitrogen and oxygen atoms in total. The molecule has 0 aromatic heterocycles. The predicted octanol–water partition coefficient (Wildman–Crippen LogP) is 15.3. The van der Waals surface area contributed by atoms with Gasteiger partial charge in [0, 0.05) is 27.8 Å². The average molecular weight is 742 g/mol. The fraction of sp³-hybridized carbons (Fsp3) is 0.0877. The number of rotatable bonds is 6. The molecule has 0 amide bonds. The number of anilines is 3. The van der Waals surface area contributed by atoms with Crippen LogP contribution in [-0.4, -0.2) is 0 Å². The quantitative estimate of drug-likeness (QED) is 0.164. The van der Waals surface area contributed by atoms with E-state index in [-0.39, 0.29) is 10.8 Å². The van der Waals surface area contributed by atoms with Crippen LogP contribution in [-0.2, 0) is 10.8 Å². The third-order valence-corrected chi connectivity index (χ3v) is 13.1. The summed E-state index contributed by atoms with van der Waals surface area (Å²) in [6, 6.07) is 76.5. The van der Waals surface area contributed by atoms with Crippen LogP contribution in [0.3, 0.4) is 0 Å². The van der Waals surface area contributed by atoms with E-state index in [1.807, 2.05) is 0 Å². The van der Waals surface area contributed by atoms with E-state index in [2.05, 4.69) is 232 Å². The van der Waals surface area contributed by atoms with Crippen molar-refractivity contribution in [1.82, 2.24) is 0 Å². The SMILES string of the molecule is CC1(C)c2ccccc2-c2cccc(-c3cccc(N(c4ccc5c(c4)C(C)(c4ccccc4)c4ccccc4-5)c4ccc5ccccc5c4-c4ccccc4)c3)c21. The van der Waals surface area contributed by atoms with Gasteiger partial charge in [0.05, 0.1) is 5.69 Å². The van der Waals surface area contributed by atoms with E-state index in [9.17, 15) is 0 Å². The Kier molecular flexibility index (Phi) is 7.72. The molecule has 2 aliphatic carbocycles. The van der Waals surface area contributed by atoms with Gasteiger partial charge in [0.1, 0.15) is 0 Å². The van der Waals surface area contributed by atoms with Crippen molar-refractivity contribution < 1.29 is 0 Å². The molecule has 0 saturated carbocycles. The van der Waals surface area contributed by atoms with E-state index in [0.717, 1.165) is 17.1 Å². The minimum atomic E-state index is -0.326. The lowest BCUT2D eigenvalue weighted by molar-refractivity contribution is 0.662. The molecule has 0 saturated heterocycles. The van der Waals surface area contributed by atoms with Crippen LogP contribution < -0.4 is 4.90 Å². The van der Waals surface area contributed by atoms with Crippen LogP contribution in [0.25, 0.3) is 55.3 Å². The van der Waals surface area contributed by atoms with Gasteiger partial charge in [-0.2, -0.15) is 0 Å². The first-order valence-corrected chi connectivity index (χ1v) is 20.4. The zero-order valence-corrected chi connectivity index (χ0v) is 33.1. The first-order chi connectivity index (χ1) is 28.4. The van der Waals surface area contributed by atoms with Gasteiger partial charge in [0.25, 0.3) is 0 Å². The highest BCUT2D eigenvalue weighted by Crippen LogP contribution is 2.56. The lowest BCUT2D eigenvalue weighted by atomic mass is 9.74. The molecule has 276 valence electrons. The Morgan fingerprint density at radius 3 is 1.78 bits per heavy atom. The second-order valence-electron chi connectivity index (χ2n) is 16.6. The normalized spacial score (nSPS) is 15.7. The second kappa shape index (κ2) is 13.0. The molecule has 11 rings (SSSR count). The molecule has 2 aliphatic rings. The van der Waals surface area contributed by atoms with E-state index in [0.29, 0.717) is 0 Å². The smallest absolute Gasteiger partial charge is 0.0546 e. The zero-order chi connectivity index (χ0) is 39.0. The predicted molar refractivity (Wildman–Crippen MR) is 245 cm³/mol. The van der Waals surface area contributed by atoms with Crippen molar-refractivity contribution in [2.75, 3.05) is 4.90 Å². The number of hydrogen-bond donors (Lipinski definition) is 0. The molecule has 0 fully saturated rings. The van der Waals surface area contributed by atoms with Gasteiger partial charge in [0.15, 0.2) is 0 Å². The van der Waals surface area contributed by atoms with E-state index in [1.54, 1.807) is 0 Å². The minimum absolute atomic E-state index is 0.131. The second-order valence-corrected chi connectivity index (χ2v) is 16.6. The molecule has 1 unspecified atom stereocenters. The first kappa shape index (κ1) is 34.3. The van der Waals surface area contributed by atoms with E-state index >= 15 is 0 Å². The number of fused-ring (bicyclic) bond motifs is 7. The molecule has 58 heavy (non-hydrogen) atoms. The summed E-state index contributed by atoms with van der Waals surface area (Å²) in [6.45, 7) is 7.17. The van der Waals surface area contributed by atoms with Crippen LogP contribution >= 0.6 is 0 Å². The van der Waals surface area contributed by atoms with Crippen molar-refractivity contribution in [2.45, 2.75) is 31.6 Å². The van der Waals surface area contributed by atoms with Gasteiger partial charge in [-0.25, -0.2) is 0 Å². The largest absolute Gasteiger partial charge is 0.310 e. The fourth-order valence-corrected chi connectivity index (χ4v) is 10.4. The van der Waals surface area contributed by atoms with Gasteiger partial charge in [-0.15, -0.1) is 0 Å². The number of hydrogen-bond acceptors (Lipinski definition) is 1. The van der Waals surface area contributed by atoms with Crippen molar-refractivity contribution in [1.29, 1.82) is 0 Å². The maximum atomic E-state index is 2.51. The maximum Gasteiger partial charge on any atom is 0.0546 e. The van der Waals surface area contributed by atoms with Crippen molar-refractivity contribution in [2.24, 2.45) is 0 Å². The van der Waals surface area contributed by atoms with Crippen LogP contribution in [0.5, 0.6) is 0 Å². The third-order valence-electron chi connectivity index (χ3n) is 13.1. The lowest BCUT2D eigenvalue weighted by Gasteiger charge is -2.32. The monoisotopic (exact) mass is 741 g/mol. The molecule has 1 atom stereocenters. The average Bonchev–Trinajstić information content (AvgIpc) is 3.68. The summed E-state index contributed by atoms with van der Waals surface area (Å²) in [5, 5.41) is 2.46. The Labute approximate surface area is 341 Å². The number of benzene rings is 9. The summed E-state index contributed by atoms with van der Waals surface area (Å²) in [4.78, 5) is 2.51. The van der Waals surface area contributed by atoms with Crippen LogP contribution in [0, 0.1) is 0 Å². The van der Waals surface area contributed by atoms with E-state index < -0.39 is 0 Å². The van der Waals surface area contributed by atoms with Crippen molar-refractivity contribution >= 4 is 27.8 Å². The van der Waals surface area contributed by atoms with Crippen molar-refractivity contribution in [3.63, 3.8) is 0 Å². The fourth-order valence-electron chi connectivity index (χ4n) is 10.4. The molecule has 0 heterocycles. The summed E-state index contributed by atoms with van der Waals surface area (Å²) < 4.78 is 0. The van der Waals surface area contributed by atoms with Crippen molar-refractivity contribution in [3.8, 4) is 44.5 Å². The summed E-state index contributed by atoms with van der Waals surface area (Å²) in [6.07, 6.45) is 0. The summed E-state index contributed by atoms with van der Waals surface area (Å²) in [5.74, 6) is 0. The molecule has 0 spiro atoms. The maximum absolute atomic E-state index is 2.51. The van der Waals surface area contributed by atoms with Gasteiger partial charge >= 0.3 is 0 Å². The summed E-state index contributed by atoms with van der Waals surface area (Å²) >= 11 is 0. The summed E-state index contributed by atoms with van der Waals surface area (Å²) in [7, 11) is 0. The zero-order valence-electron chi connectivity index (χ0n) is 33.1. The van der Waals surface area contributed by atoms with E-state index in [4.69, 9.17) is 0 Å². The highest BCUT2D eigenvalue weighted by Gasteiger charge is 2.41. The van der Waals surface area contributed by atoms with Gasteiger partial charge in [-0.05, 0) is 115 Å². The Morgan fingerprint density at radius 1 is 0.379 bits per heavy atom. The molecule has 9 aromatic carbocycles. The summed E-state index contributed by atoms with van der Waals surface area (Å²) in [5.41, 5.74) is 19.9. The van der Waals surface area contributed by atoms with Gasteiger partial charge in [-0.1, -0.05) is 190 Å². The first-order valence-electron chi connectivity index (χ1n) is 20.4. The van der Waals surface area contributed by atoms with Crippen LogP contribution in [0.2, 0.25) is 0 Å². The standard InChI is InChI=1S/C57H43N/c1-56(2)50-30-14-12-27-47(50)49-29-17-28-45(55(49)56)40-21-16-24-42(36-40)58(53-35-32-38-18-10-11-25-44(38)54(53)39-19-6-4-7-20-39)43-33-34-48-46-26-13-15-31-51(46)57(3,52(48)37-43)41-22-8-5-9-23-41/h4-37H,1-3H3. The Hall–Kier alpha value is -6.96. The third kappa shape index (κ3) is 5.03. The lowest BCUT2D eigenvalue weighted by Crippen LogP contribution is -2.23. The van der Waals surface area contributed by atoms with Crippen LogP contribution in [0.15, 0.2) is 206 Å². The molecular formula is C57H43N. The van der Waals surface area contributed by atoms with E-state index in [1.165, 1.54) is 83.1 Å². The Bertz CT molecular complexity index is 3050. The van der Waals surface area contributed by atoms with Gasteiger partial charge < -0.3 is 4.90 Å². The highest BCUT2D eigenvalue weighted by atomic mass is 15.1. The molecular weight excluding hydrogens is 699 g/mol.